The Labute approximate surface area is 87.9 Å². The van der Waals surface area contributed by atoms with Gasteiger partial charge in [-0.15, -0.1) is 0 Å². The predicted octanol–water partition coefficient (Wildman–Crippen LogP) is 2.53. The third-order valence-corrected chi connectivity index (χ3v) is 2.61. The van der Waals surface area contributed by atoms with Crippen molar-refractivity contribution in [3.05, 3.63) is 28.2 Å². The van der Waals surface area contributed by atoms with Gasteiger partial charge < -0.3 is 10.6 Å². The zero-order chi connectivity index (χ0) is 10.0. The fourth-order valence-corrected chi connectivity index (χ4v) is 1.92. The van der Waals surface area contributed by atoms with Gasteiger partial charge in [-0.25, -0.2) is 0 Å². The summed E-state index contributed by atoms with van der Waals surface area (Å²) in [6.45, 7) is 1.98. The first-order chi connectivity index (χ1) is 6.02. The maximum atomic E-state index is 5.77. The van der Waals surface area contributed by atoms with Crippen molar-refractivity contribution in [2.24, 2.45) is 5.73 Å². The normalized spacial score (nSPS) is 12.7. The Morgan fingerprint density at radius 2 is 2.00 bits per heavy atom. The van der Waals surface area contributed by atoms with E-state index in [0.29, 0.717) is 0 Å². The van der Waals surface area contributed by atoms with Gasteiger partial charge in [0, 0.05) is 24.6 Å². The highest BCUT2D eigenvalue weighted by Gasteiger charge is 2.05. The van der Waals surface area contributed by atoms with Crippen LogP contribution in [0.4, 0.5) is 5.69 Å². The molecule has 0 aliphatic carbocycles. The molecule has 1 aromatic carbocycles. The van der Waals surface area contributed by atoms with E-state index in [0.717, 1.165) is 10.0 Å². The Hall–Kier alpha value is -0.540. The maximum absolute atomic E-state index is 5.77. The van der Waals surface area contributed by atoms with Gasteiger partial charge in [0.25, 0.3) is 0 Å². The molecule has 0 fully saturated rings. The molecule has 0 bridgehead atoms. The highest BCUT2D eigenvalue weighted by atomic mass is 79.9. The van der Waals surface area contributed by atoms with Crippen LogP contribution in [0.5, 0.6) is 0 Å². The van der Waals surface area contributed by atoms with Gasteiger partial charge in [0.1, 0.15) is 0 Å². The van der Waals surface area contributed by atoms with E-state index in [1.165, 1.54) is 5.69 Å². The molecular formula is C10H15BrN2. The molecule has 2 N–H and O–H groups in total. The van der Waals surface area contributed by atoms with Crippen LogP contribution in [-0.2, 0) is 0 Å². The van der Waals surface area contributed by atoms with Crippen molar-refractivity contribution >= 4 is 21.6 Å². The summed E-state index contributed by atoms with van der Waals surface area (Å²) in [6, 6.07) is 6.29. The Morgan fingerprint density at radius 1 is 1.38 bits per heavy atom. The Balaban J connectivity index is 3.06. The number of hydrogen-bond donors (Lipinski definition) is 1. The molecule has 0 unspecified atom stereocenters. The molecule has 0 amide bonds. The highest BCUT2D eigenvalue weighted by molar-refractivity contribution is 9.10. The summed E-state index contributed by atoms with van der Waals surface area (Å²) in [4.78, 5) is 2.06. The van der Waals surface area contributed by atoms with Gasteiger partial charge >= 0.3 is 0 Å². The van der Waals surface area contributed by atoms with E-state index >= 15 is 0 Å². The van der Waals surface area contributed by atoms with E-state index in [9.17, 15) is 0 Å². The standard InChI is InChI=1S/C10H15BrN2/c1-7(12)8-4-5-10(13(2)3)9(11)6-8/h4-7H,12H2,1-3H3/t7-/m1/s1. The number of benzene rings is 1. The summed E-state index contributed by atoms with van der Waals surface area (Å²) in [5.41, 5.74) is 8.10. The zero-order valence-electron chi connectivity index (χ0n) is 8.21. The lowest BCUT2D eigenvalue weighted by Crippen LogP contribution is -2.10. The number of hydrogen-bond acceptors (Lipinski definition) is 2. The summed E-state index contributed by atoms with van der Waals surface area (Å²) in [5.74, 6) is 0. The van der Waals surface area contributed by atoms with E-state index in [2.05, 4.69) is 39.0 Å². The van der Waals surface area contributed by atoms with Crippen molar-refractivity contribution in [3.8, 4) is 0 Å². The first kappa shape index (κ1) is 10.5. The molecular weight excluding hydrogens is 228 g/mol. The minimum Gasteiger partial charge on any atom is -0.377 e. The lowest BCUT2D eigenvalue weighted by Gasteiger charge is -2.16. The summed E-state index contributed by atoms with van der Waals surface area (Å²) in [6.07, 6.45) is 0. The molecule has 13 heavy (non-hydrogen) atoms. The molecule has 72 valence electrons. The first-order valence-corrected chi connectivity index (χ1v) is 5.04. The minimum atomic E-state index is 0.0903. The van der Waals surface area contributed by atoms with Crippen LogP contribution in [0.1, 0.15) is 18.5 Å². The topological polar surface area (TPSA) is 29.3 Å². The van der Waals surface area contributed by atoms with Gasteiger partial charge in [-0.1, -0.05) is 6.07 Å². The van der Waals surface area contributed by atoms with E-state index in [4.69, 9.17) is 5.73 Å². The molecule has 1 atom stereocenters. The number of nitrogens with zero attached hydrogens (tertiary/aromatic N) is 1. The van der Waals surface area contributed by atoms with Gasteiger partial charge in [-0.2, -0.15) is 0 Å². The predicted molar refractivity (Wildman–Crippen MR) is 61.1 cm³/mol. The first-order valence-electron chi connectivity index (χ1n) is 4.24. The average Bonchev–Trinajstić information content (AvgIpc) is 2.03. The van der Waals surface area contributed by atoms with Crippen LogP contribution in [0.3, 0.4) is 0 Å². The van der Waals surface area contributed by atoms with Crippen LogP contribution in [-0.4, -0.2) is 14.1 Å². The molecule has 1 aromatic rings. The van der Waals surface area contributed by atoms with Crippen LogP contribution in [0.25, 0.3) is 0 Å². The second-order valence-corrected chi connectivity index (χ2v) is 4.25. The van der Waals surface area contributed by atoms with Crippen molar-refractivity contribution < 1.29 is 0 Å². The van der Waals surface area contributed by atoms with E-state index in [-0.39, 0.29) is 6.04 Å². The molecule has 1 rings (SSSR count). The van der Waals surface area contributed by atoms with Crippen molar-refractivity contribution in [1.82, 2.24) is 0 Å². The molecule has 0 saturated carbocycles. The molecule has 2 nitrogen and oxygen atoms in total. The molecule has 0 saturated heterocycles. The summed E-state index contributed by atoms with van der Waals surface area (Å²) in [7, 11) is 4.04. The second-order valence-electron chi connectivity index (χ2n) is 3.39. The zero-order valence-corrected chi connectivity index (χ0v) is 9.80. The SMILES string of the molecule is C[C@@H](N)c1ccc(N(C)C)c(Br)c1. The van der Waals surface area contributed by atoms with Crippen molar-refractivity contribution in [2.75, 3.05) is 19.0 Å². The lowest BCUT2D eigenvalue weighted by molar-refractivity contribution is 0.817. The van der Waals surface area contributed by atoms with E-state index < -0.39 is 0 Å². The summed E-state index contributed by atoms with van der Waals surface area (Å²) < 4.78 is 1.09. The Bertz CT molecular complexity index is 295. The average molecular weight is 243 g/mol. The third-order valence-electron chi connectivity index (χ3n) is 1.98. The quantitative estimate of drug-likeness (QED) is 0.864. The van der Waals surface area contributed by atoms with Crippen molar-refractivity contribution in [2.45, 2.75) is 13.0 Å². The monoisotopic (exact) mass is 242 g/mol. The fourth-order valence-electron chi connectivity index (χ4n) is 1.17. The summed E-state index contributed by atoms with van der Waals surface area (Å²) >= 11 is 3.52. The molecule has 3 heteroatoms. The summed E-state index contributed by atoms with van der Waals surface area (Å²) in [5, 5.41) is 0. The number of halogens is 1. The van der Waals surface area contributed by atoms with Gasteiger partial charge in [0.05, 0.1) is 5.69 Å². The van der Waals surface area contributed by atoms with Gasteiger partial charge in [-0.05, 0) is 40.5 Å². The molecule has 0 spiro atoms. The maximum Gasteiger partial charge on any atom is 0.0505 e. The lowest BCUT2D eigenvalue weighted by atomic mass is 10.1. The molecule has 0 aliphatic heterocycles. The molecule has 0 aromatic heterocycles. The number of anilines is 1. The van der Waals surface area contributed by atoms with Crippen molar-refractivity contribution in [1.29, 1.82) is 0 Å². The smallest absolute Gasteiger partial charge is 0.0505 e. The second kappa shape index (κ2) is 4.11. The molecule has 0 heterocycles. The van der Waals surface area contributed by atoms with E-state index in [1.807, 2.05) is 21.0 Å². The third kappa shape index (κ3) is 2.45. The van der Waals surface area contributed by atoms with Crippen molar-refractivity contribution in [3.63, 3.8) is 0 Å². The van der Waals surface area contributed by atoms with Crippen LogP contribution >= 0.6 is 15.9 Å². The van der Waals surface area contributed by atoms with E-state index in [1.54, 1.807) is 0 Å². The molecule has 0 aliphatic rings. The van der Waals surface area contributed by atoms with Gasteiger partial charge in [0.15, 0.2) is 0 Å². The number of nitrogens with two attached hydrogens (primary N) is 1. The van der Waals surface area contributed by atoms with Crippen LogP contribution in [0.2, 0.25) is 0 Å². The van der Waals surface area contributed by atoms with Gasteiger partial charge in [0.2, 0.25) is 0 Å². The van der Waals surface area contributed by atoms with Crippen LogP contribution < -0.4 is 10.6 Å². The van der Waals surface area contributed by atoms with Gasteiger partial charge in [-0.3, -0.25) is 0 Å². The minimum absolute atomic E-state index is 0.0903. The number of rotatable bonds is 2. The van der Waals surface area contributed by atoms with Crippen LogP contribution in [0, 0.1) is 0 Å². The highest BCUT2D eigenvalue weighted by Crippen LogP contribution is 2.27. The van der Waals surface area contributed by atoms with Crippen LogP contribution in [0.15, 0.2) is 22.7 Å². The fraction of sp³-hybridized carbons (Fsp3) is 0.400. The molecule has 0 radical (unpaired) electrons. The Morgan fingerprint density at radius 3 is 2.38 bits per heavy atom. The Kier molecular flexibility index (Phi) is 3.33. The largest absolute Gasteiger partial charge is 0.377 e.